The summed E-state index contributed by atoms with van der Waals surface area (Å²) >= 11 is 0. The molecular weight excluding hydrogens is 380 g/mol. The molecule has 0 saturated heterocycles. The van der Waals surface area contributed by atoms with E-state index in [2.05, 4.69) is 10.0 Å². The fourth-order valence-electron chi connectivity index (χ4n) is 2.67. The van der Waals surface area contributed by atoms with Gasteiger partial charge >= 0.3 is 0 Å². The number of carbonyl (C=O) groups is 1. The third-order valence-corrected chi connectivity index (χ3v) is 5.65. The Kier molecular flexibility index (Phi) is 5.83. The number of nitrogens with one attached hydrogen (secondary N) is 2. The Bertz CT molecular complexity index is 1040. The summed E-state index contributed by atoms with van der Waals surface area (Å²) in [6.45, 7) is 3.22. The quantitative estimate of drug-likeness (QED) is 0.563. The maximum Gasteiger partial charge on any atom is 0.251 e. The van der Waals surface area contributed by atoms with Crippen molar-refractivity contribution in [2.75, 3.05) is 6.54 Å². The number of sulfonamides is 1. The second-order valence-corrected chi connectivity index (χ2v) is 8.37. The molecule has 0 saturated carbocycles. The lowest BCUT2D eigenvalue weighted by Crippen LogP contribution is -2.30. The van der Waals surface area contributed by atoms with Crippen LogP contribution in [0, 0.1) is 0 Å². The van der Waals surface area contributed by atoms with Crippen LogP contribution in [0.2, 0.25) is 0 Å². The van der Waals surface area contributed by atoms with Crippen LogP contribution in [0.1, 0.15) is 36.0 Å². The van der Waals surface area contributed by atoms with E-state index in [4.69, 9.17) is 4.42 Å². The summed E-state index contributed by atoms with van der Waals surface area (Å²) in [4.78, 5) is 12.5. The molecule has 0 bridgehead atoms. The van der Waals surface area contributed by atoms with E-state index in [9.17, 15) is 18.3 Å². The Balaban J connectivity index is 1.69. The summed E-state index contributed by atoms with van der Waals surface area (Å²) in [7, 11) is -3.74. The lowest BCUT2D eigenvalue weighted by Gasteiger charge is -2.12. The zero-order chi connectivity index (χ0) is 20.3. The molecule has 2 unspecified atom stereocenters. The Morgan fingerprint density at radius 2 is 1.79 bits per heavy atom. The van der Waals surface area contributed by atoms with E-state index < -0.39 is 16.1 Å². The Labute approximate surface area is 163 Å². The summed E-state index contributed by atoms with van der Waals surface area (Å²) in [6.07, 6.45) is -0.792. The van der Waals surface area contributed by atoms with Crippen molar-refractivity contribution >= 4 is 26.9 Å². The van der Waals surface area contributed by atoms with Gasteiger partial charge in [0.2, 0.25) is 10.0 Å². The van der Waals surface area contributed by atoms with Crippen LogP contribution in [-0.4, -0.2) is 32.1 Å². The van der Waals surface area contributed by atoms with E-state index in [0.29, 0.717) is 11.3 Å². The molecule has 3 aromatic rings. The van der Waals surface area contributed by atoms with Crippen molar-refractivity contribution in [3.05, 3.63) is 65.9 Å². The Hall–Kier alpha value is -2.68. The number of para-hydroxylation sites is 1. The molecule has 148 valence electrons. The standard InChI is InChI=1S/C20H22N2O5S/c1-13(23)12-21-28(25,26)17-9-7-15(8-10-17)20(24)22-14(2)19-11-16-5-3-4-6-18(16)27-19/h3-11,13-14,21,23H,12H2,1-2H3,(H,22,24). The minimum absolute atomic E-state index is 0.0232. The summed E-state index contributed by atoms with van der Waals surface area (Å²) < 4.78 is 32.3. The molecule has 8 heteroatoms. The van der Waals surface area contributed by atoms with Crippen molar-refractivity contribution in [2.24, 2.45) is 0 Å². The Morgan fingerprint density at radius 1 is 1.11 bits per heavy atom. The van der Waals surface area contributed by atoms with Gasteiger partial charge in [-0.2, -0.15) is 0 Å². The lowest BCUT2D eigenvalue weighted by molar-refractivity contribution is 0.0935. The molecule has 0 aliphatic carbocycles. The van der Waals surface area contributed by atoms with Crippen molar-refractivity contribution in [3.63, 3.8) is 0 Å². The molecule has 0 aliphatic rings. The number of hydrogen-bond acceptors (Lipinski definition) is 5. The van der Waals surface area contributed by atoms with Crippen LogP contribution < -0.4 is 10.0 Å². The zero-order valence-corrected chi connectivity index (χ0v) is 16.4. The van der Waals surface area contributed by atoms with Gasteiger partial charge in [-0.1, -0.05) is 18.2 Å². The van der Waals surface area contributed by atoms with Gasteiger partial charge in [-0.15, -0.1) is 0 Å². The molecule has 1 aromatic heterocycles. The van der Waals surface area contributed by atoms with Crippen LogP contribution in [0.4, 0.5) is 0 Å². The summed E-state index contributed by atoms with van der Waals surface area (Å²) in [5.74, 6) is 0.296. The minimum atomic E-state index is -3.74. The SMILES string of the molecule is CC(O)CNS(=O)(=O)c1ccc(C(=O)NC(C)c2cc3ccccc3o2)cc1. The number of benzene rings is 2. The molecule has 7 nitrogen and oxygen atoms in total. The highest BCUT2D eigenvalue weighted by Crippen LogP contribution is 2.23. The van der Waals surface area contributed by atoms with E-state index in [-0.39, 0.29) is 23.4 Å². The first kappa shape index (κ1) is 20.1. The van der Waals surface area contributed by atoms with Crippen molar-refractivity contribution in [2.45, 2.75) is 30.9 Å². The van der Waals surface area contributed by atoms with E-state index >= 15 is 0 Å². The molecular formula is C20H22N2O5S. The van der Waals surface area contributed by atoms with Gasteiger partial charge in [-0.05, 0) is 50.2 Å². The van der Waals surface area contributed by atoms with E-state index in [1.807, 2.05) is 37.3 Å². The Morgan fingerprint density at radius 3 is 2.43 bits per heavy atom. The van der Waals surface area contributed by atoms with E-state index in [1.54, 1.807) is 0 Å². The third kappa shape index (κ3) is 4.59. The summed E-state index contributed by atoms with van der Waals surface area (Å²) in [5.41, 5.74) is 1.08. The van der Waals surface area contributed by atoms with Gasteiger partial charge in [0, 0.05) is 17.5 Å². The number of hydrogen-bond donors (Lipinski definition) is 3. The molecule has 28 heavy (non-hydrogen) atoms. The normalized spacial score (nSPS) is 14.0. The van der Waals surface area contributed by atoms with E-state index in [0.717, 1.165) is 11.0 Å². The molecule has 3 N–H and O–H groups in total. The molecule has 2 aromatic carbocycles. The molecule has 1 heterocycles. The van der Waals surface area contributed by atoms with Crippen molar-refractivity contribution < 1.29 is 22.7 Å². The van der Waals surface area contributed by atoms with Crippen LogP contribution in [-0.2, 0) is 10.0 Å². The van der Waals surface area contributed by atoms with Gasteiger partial charge in [-0.3, -0.25) is 4.79 Å². The van der Waals surface area contributed by atoms with Crippen molar-refractivity contribution in [1.29, 1.82) is 0 Å². The minimum Gasteiger partial charge on any atom is -0.459 e. The molecule has 0 aliphatic heterocycles. The highest BCUT2D eigenvalue weighted by molar-refractivity contribution is 7.89. The predicted octanol–water partition coefficient (Wildman–Crippen LogP) is 2.58. The zero-order valence-electron chi connectivity index (χ0n) is 15.5. The summed E-state index contributed by atoms with van der Waals surface area (Å²) in [6, 6.07) is 14.7. The van der Waals surface area contributed by atoms with Crippen LogP contribution in [0.15, 0.2) is 63.9 Å². The first-order chi connectivity index (χ1) is 13.3. The number of amides is 1. The average molecular weight is 402 g/mol. The van der Waals surface area contributed by atoms with Gasteiger partial charge in [0.1, 0.15) is 11.3 Å². The largest absolute Gasteiger partial charge is 0.459 e. The predicted molar refractivity (Wildman–Crippen MR) is 105 cm³/mol. The maximum atomic E-state index is 12.5. The fourth-order valence-corrected chi connectivity index (χ4v) is 3.79. The molecule has 3 rings (SSSR count). The maximum absolute atomic E-state index is 12.5. The van der Waals surface area contributed by atoms with Crippen LogP contribution in [0.25, 0.3) is 11.0 Å². The smallest absolute Gasteiger partial charge is 0.251 e. The third-order valence-electron chi connectivity index (χ3n) is 4.21. The van der Waals surface area contributed by atoms with Crippen LogP contribution in [0.3, 0.4) is 0 Å². The van der Waals surface area contributed by atoms with Gasteiger partial charge in [0.05, 0.1) is 17.0 Å². The van der Waals surface area contributed by atoms with Gasteiger partial charge < -0.3 is 14.8 Å². The topological polar surface area (TPSA) is 109 Å². The van der Waals surface area contributed by atoms with Gasteiger partial charge in [0.15, 0.2) is 0 Å². The molecule has 2 atom stereocenters. The van der Waals surface area contributed by atoms with Crippen molar-refractivity contribution in [1.82, 2.24) is 10.0 Å². The van der Waals surface area contributed by atoms with Gasteiger partial charge in [0.25, 0.3) is 5.91 Å². The molecule has 0 spiro atoms. The summed E-state index contributed by atoms with van der Waals surface area (Å²) in [5, 5.41) is 13.0. The van der Waals surface area contributed by atoms with E-state index in [1.165, 1.54) is 31.2 Å². The highest BCUT2D eigenvalue weighted by atomic mass is 32.2. The number of carbonyl (C=O) groups excluding carboxylic acids is 1. The number of rotatable bonds is 7. The number of furan rings is 1. The second kappa shape index (κ2) is 8.14. The monoisotopic (exact) mass is 402 g/mol. The van der Waals surface area contributed by atoms with Crippen molar-refractivity contribution in [3.8, 4) is 0 Å². The lowest BCUT2D eigenvalue weighted by atomic mass is 10.1. The first-order valence-corrected chi connectivity index (χ1v) is 10.3. The van der Waals surface area contributed by atoms with Gasteiger partial charge in [-0.25, -0.2) is 13.1 Å². The number of fused-ring (bicyclic) bond motifs is 1. The molecule has 0 fully saturated rings. The molecule has 1 amide bonds. The van der Waals surface area contributed by atoms with Crippen LogP contribution in [0.5, 0.6) is 0 Å². The average Bonchev–Trinajstić information content (AvgIpc) is 3.11. The highest BCUT2D eigenvalue weighted by Gasteiger charge is 2.18. The fraction of sp³-hybridized carbons (Fsp3) is 0.250. The second-order valence-electron chi connectivity index (χ2n) is 6.61. The number of aliphatic hydroxyl groups is 1. The number of aliphatic hydroxyl groups excluding tert-OH is 1. The first-order valence-electron chi connectivity index (χ1n) is 8.83. The van der Waals surface area contributed by atoms with Crippen LogP contribution >= 0.6 is 0 Å². The molecule has 0 radical (unpaired) electrons.